The fourth-order valence-electron chi connectivity index (χ4n) is 8.80. The van der Waals surface area contributed by atoms with Gasteiger partial charge in [-0.15, -0.1) is 17.5 Å². The molecule has 12 aromatic rings. The van der Waals surface area contributed by atoms with E-state index < -0.39 is 0 Å². The number of fused-ring (bicyclic) bond motifs is 10. The second-order valence-electron chi connectivity index (χ2n) is 16.0. The summed E-state index contributed by atoms with van der Waals surface area (Å²) in [5.41, 5.74) is 9.76. The molecule has 6 heterocycles. The summed E-state index contributed by atoms with van der Waals surface area (Å²) in [5.74, 6) is 2.50. The Bertz CT molecular complexity index is 3520. The van der Waals surface area contributed by atoms with Crippen LogP contribution in [-0.4, -0.2) is 23.5 Å². The van der Waals surface area contributed by atoms with E-state index in [4.69, 9.17) is 14.7 Å². The quantitative estimate of drug-likeness (QED) is 0.128. The van der Waals surface area contributed by atoms with Crippen LogP contribution in [0.5, 0.6) is 11.5 Å². The van der Waals surface area contributed by atoms with E-state index in [9.17, 15) is 0 Å². The van der Waals surface area contributed by atoms with Gasteiger partial charge in [0, 0.05) is 60.1 Å². The van der Waals surface area contributed by atoms with Crippen LogP contribution in [0.1, 0.15) is 26.3 Å². The maximum absolute atomic E-state index is 6.55. The van der Waals surface area contributed by atoms with Crippen LogP contribution < -0.4 is 9.30 Å². The second kappa shape index (κ2) is 13.1. The summed E-state index contributed by atoms with van der Waals surface area (Å²) in [6, 6.07) is 55.8. The van der Waals surface area contributed by atoms with E-state index in [1.165, 1.54) is 43.7 Å². The van der Waals surface area contributed by atoms with E-state index in [1.54, 1.807) is 6.20 Å². The first kappa shape index (κ1) is 35.3. The van der Waals surface area contributed by atoms with Crippen LogP contribution in [0.2, 0.25) is 0 Å². The maximum atomic E-state index is 6.55. The van der Waals surface area contributed by atoms with Crippen LogP contribution in [0.25, 0.3) is 88.3 Å². The molecule has 0 saturated heterocycles. The van der Waals surface area contributed by atoms with Crippen molar-refractivity contribution in [2.75, 3.05) is 0 Å². The normalized spacial score (nSPS) is 12.2. The van der Waals surface area contributed by atoms with Crippen molar-refractivity contribution in [3.63, 3.8) is 0 Å². The Morgan fingerprint density at radius 2 is 1.19 bits per heavy atom. The molecule has 7 nitrogen and oxygen atoms in total. The van der Waals surface area contributed by atoms with Gasteiger partial charge in [0.05, 0.1) is 39.1 Å². The number of rotatable bonds is 5. The molecule has 0 unspecified atom stereocenters. The minimum absolute atomic E-state index is 0. The largest absolute Gasteiger partial charge is 0.522 e. The van der Waals surface area contributed by atoms with Gasteiger partial charge >= 0.3 is 0 Å². The molecular formula is C51H34N6OPt-2. The predicted molar refractivity (Wildman–Crippen MR) is 231 cm³/mol. The van der Waals surface area contributed by atoms with Crippen molar-refractivity contribution in [3.05, 3.63) is 176 Å². The van der Waals surface area contributed by atoms with Crippen molar-refractivity contribution in [2.45, 2.75) is 26.2 Å². The van der Waals surface area contributed by atoms with E-state index in [0.717, 1.165) is 44.3 Å². The number of nitrogens with zero attached hydrogens (tertiary/aromatic N) is 6. The predicted octanol–water partition coefficient (Wildman–Crippen LogP) is 11.4. The second-order valence-corrected chi connectivity index (χ2v) is 16.0. The molecule has 0 saturated carbocycles. The molecule has 0 radical (unpaired) electrons. The molecule has 0 N–H and O–H groups in total. The first-order valence-electron chi connectivity index (χ1n) is 19.5. The fourth-order valence-corrected chi connectivity index (χ4v) is 8.80. The molecule has 6 aromatic heterocycles. The number of benzene rings is 6. The van der Waals surface area contributed by atoms with Crippen LogP contribution in [0.15, 0.2) is 152 Å². The molecule has 0 bridgehead atoms. The summed E-state index contributed by atoms with van der Waals surface area (Å²) >= 11 is 0. The van der Waals surface area contributed by atoms with E-state index in [2.05, 4.69) is 174 Å². The summed E-state index contributed by atoms with van der Waals surface area (Å²) in [5, 5.41) is 7.08. The van der Waals surface area contributed by atoms with Gasteiger partial charge in [0.25, 0.3) is 6.33 Å². The number of imidazole rings is 1. The van der Waals surface area contributed by atoms with Crippen LogP contribution in [0, 0.1) is 18.5 Å². The number of aromatic nitrogens is 6. The fraction of sp³-hybridized carbons (Fsp3) is 0.0784. The number of pyridine rings is 2. The van der Waals surface area contributed by atoms with Crippen molar-refractivity contribution in [1.82, 2.24) is 23.5 Å². The van der Waals surface area contributed by atoms with Gasteiger partial charge < -0.3 is 13.7 Å². The van der Waals surface area contributed by atoms with E-state index in [0.29, 0.717) is 17.3 Å². The molecule has 6 aromatic carbocycles. The molecule has 59 heavy (non-hydrogen) atoms. The van der Waals surface area contributed by atoms with Gasteiger partial charge in [-0.1, -0.05) is 111 Å². The minimum atomic E-state index is -0.0247. The van der Waals surface area contributed by atoms with Gasteiger partial charge in [-0.3, -0.25) is 14.1 Å². The number of ether oxygens (including phenoxy) is 1. The third kappa shape index (κ3) is 5.34. The first-order valence-corrected chi connectivity index (χ1v) is 19.5. The minimum Gasteiger partial charge on any atom is -0.522 e. The number of hydrogen-bond donors (Lipinski definition) is 0. The van der Waals surface area contributed by atoms with E-state index in [-0.39, 0.29) is 26.5 Å². The Morgan fingerprint density at radius 3 is 1.90 bits per heavy atom. The topological polar surface area (TPSA) is 53.2 Å². The van der Waals surface area contributed by atoms with Crippen molar-refractivity contribution in [1.29, 1.82) is 0 Å². The van der Waals surface area contributed by atoms with Crippen LogP contribution >= 0.6 is 0 Å². The monoisotopic (exact) mass is 941 g/mol. The van der Waals surface area contributed by atoms with Crippen molar-refractivity contribution in [3.8, 4) is 28.8 Å². The van der Waals surface area contributed by atoms with Gasteiger partial charge in [0.2, 0.25) is 0 Å². The van der Waals surface area contributed by atoms with Crippen molar-refractivity contribution >= 4 is 70.9 Å². The molecule has 0 amide bonds. The summed E-state index contributed by atoms with van der Waals surface area (Å²) in [7, 11) is 0. The molecule has 0 aliphatic carbocycles. The van der Waals surface area contributed by atoms with Gasteiger partial charge in [-0.25, -0.2) is 4.98 Å². The molecule has 0 aliphatic heterocycles. The summed E-state index contributed by atoms with van der Waals surface area (Å²) in [6.45, 7) is 6.66. The zero-order valence-corrected chi connectivity index (χ0v) is 34.6. The first-order chi connectivity index (χ1) is 28.4. The van der Waals surface area contributed by atoms with Gasteiger partial charge in [-0.05, 0) is 64.6 Å². The summed E-state index contributed by atoms with van der Waals surface area (Å²) < 4.78 is 15.2. The number of para-hydroxylation sites is 5. The molecular weight excluding hydrogens is 908 g/mol. The van der Waals surface area contributed by atoms with Gasteiger partial charge in [0.15, 0.2) is 0 Å². The molecule has 0 atom stereocenters. The van der Waals surface area contributed by atoms with Crippen molar-refractivity contribution in [2.24, 2.45) is 0 Å². The third-order valence-electron chi connectivity index (χ3n) is 11.5. The maximum Gasteiger partial charge on any atom is 0.269 e. The molecule has 8 heteroatoms. The Morgan fingerprint density at radius 1 is 0.576 bits per heavy atom. The molecule has 286 valence electrons. The average molecular weight is 942 g/mol. The Labute approximate surface area is 354 Å². The van der Waals surface area contributed by atoms with Gasteiger partial charge in [-0.2, -0.15) is 18.2 Å². The summed E-state index contributed by atoms with van der Waals surface area (Å²) in [4.78, 5) is 9.61. The smallest absolute Gasteiger partial charge is 0.269 e. The Kier molecular flexibility index (Phi) is 7.85. The molecule has 0 aliphatic rings. The Hall–Kier alpha value is -6.82. The van der Waals surface area contributed by atoms with Crippen LogP contribution in [0.3, 0.4) is 0 Å². The summed E-state index contributed by atoms with van der Waals surface area (Å²) in [6.07, 6.45) is 7.29. The van der Waals surface area contributed by atoms with E-state index >= 15 is 0 Å². The zero-order chi connectivity index (χ0) is 38.7. The standard InChI is InChI=1S/C51H34N6O.Pt/c1-51(2,3)32-22-24-53-49(26-32)56-42-15-7-4-12-36(42)39-21-20-34(29-47(39)56)58-35-23-25-52-48(30-35)55-31-54(45-18-10-11-19-46(45)55)33-27-40-37-13-5-8-16-43(37)57-44-17-9-6-14-38(44)41(28-33)50(40)57;/h4-28H,1-3H3;/q-2;. The SMILES string of the molecule is CC(C)(C)c1ccnc(-n2c3[c-]c(Oc4[c-]c(-n5[c-][n+](-c6cc7c8ccccc8n8c9ccccc9c(c6)c78)c6ccccc65)ncc4)ccc3c3ccccc32)c1.[Pt]. The molecule has 12 rings (SSSR count). The average Bonchev–Trinajstić information content (AvgIpc) is 3.99. The zero-order valence-electron chi connectivity index (χ0n) is 32.3. The third-order valence-corrected chi connectivity index (χ3v) is 11.5. The van der Waals surface area contributed by atoms with E-state index in [1.807, 2.05) is 29.0 Å². The van der Waals surface area contributed by atoms with Crippen molar-refractivity contribution < 1.29 is 30.4 Å². The molecule has 0 spiro atoms. The van der Waals surface area contributed by atoms with Crippen LogP contribution in [0.4, 0.5) is 0 Å². The molecule has 0 fully saturated rings. The van der Waals surface area contributed by atoms with Crippen LogP contribution in [-0.2, 0) is 26.5 Å². The number of hydrogen-bond acceptors (Lipinski definition) is 3. The Balaban J connectivity index is 0.00000397. The van der Waals surface area contributed by atoms with Gasteiger partial charge in [0.1, 0.15) is 5.82 Å².